The van der Waals surface area contributed by atoms with Gasteiger partial charge in [-0.3, -0.25) is 0 Å². The van der Waals surface area contributed by atoms with Gasteiger partial charge in [-0.15, -0.1) is 0 Å². The zero-order valence-corrected chi connectivity index (χ0v) is 10.7. The normalized spacial score (nSPS) is 18.1. The van der Waals surface area contributed by atoms with Crippen LogP contribution in [0.15, 0.2) is 36.6 Å². The van der Waals surface area contributed by atoms with Crippen LogP contribution in [-0.4, -0.2) is 17.7 Å². The standard InChI is InChI=1S/C14H16O4/c1-14(2,3)18-13(15)12-8-9-16-10-6-4-5-7-11(10)17-12/h4-9,12H,1-3H3. The van der Waals surface area contributed by atoms with Gasteiger partial charge in [0, 0.05) is 6.08 Å². The van der Waals surface area contributed by atoms with Crippen LogP contribution in [0.1, 0.15) is 20.8 Å². The number of para-hydroxylation sites is 2. The van der Waals surface area contributed by atoms with E-state index in [2.05, 4.69) is 0 Å². The van der Waals surface area contributed by atoms with Gasteiger partial charge in [-0.2, -0.15) is 0 Å². The van der Waals surface area contributed by atoms with E-state index in [0.717, 1.165) is 0 Å². The lowest BCUT2D eigenvalue weighted by atomic mass is 10.2. The SMILES string of the molecule is CC(C)(C)OC(=O)C1C=COc2ccccc2O1. The summed E-state index contributed by atoms with van der Waals surface area (Å²) in [4.78, 5) is 11.9. The molecule has 1 aromatic rings. The first kappa shape index (κ1) is 12.5. The molecule has 1 unspecified atom stereocenters. The average Bonchev–Trinajstić information content (AvgIpc) is 2.48. The minimum Gasteiger partial charge on any atom is -0.471 e. The minimum absolute atomic E-state index is 0.431. The van der Waals surface area contributed by atoms with E-state index in [1.54, 1.807) is 12.1 Å². The van der Waals surface area contributed by atoms with E-state index in [-0.39, 0.29) is 0 Å². The largest absolute Gasteiger partial charge is 0.471 e. The molecular formula is C14H16O4. The van der Waals surface area contributed by atoms with Gasteiger partial charge in [-0.1, -0.05) is 12.1 Å². The Bertz CT molecular complexity index is 471. The summed E-state index contributed by atoms with van der Waals surface area (Å²) < 4.78 is 16.2. The van der Waals surface area contributed by atoms with Gasteiger partial charge in [0.05, 0.1) is 6.26 Å². The lowest BCUT2D eigenvalue weighted by Crippen LogP contribution is -2.33. The summed E-state index contributed by atoms with van der Waals surface area (Å²) in [5.74, 6) is 0.678. The van der Waals surface area contributed by atoms with E-state index < -0.39 is 17.7 Å². The molecule has 0 aromatic heterocycles. The molecule has 0 amide bonds. The summed E-state index contributed by atoms with van der Waals surface area (Å²) in [6.45, 7) is 5.45. The third-order valence-corrected chi connectivity index (χ3v) is 2.19. The summed E-state index contributed by atoms with van der Waals surface area (Å²) in [7, 11) is 0. The number of benzene rings is 1. The molecular weight excluding hydrogens is 232 g/mol. The molecule has 0 fully saturated rings. The summed E-state index contributed by atoms with van der Waals surface area (Å²) >= 11 is 0. The van der Waals surface area contributed by atoms with Crippen molar-refractivity contribution in [3.8, 4) is 11.5 Å². The van der Waals surface area contributed by atoms with Crippen molar-refractivity contribution in [1.82, 2.24) is 0 Å². The molecule has 4 heteroatoms. The van der Waals surface area contributed by atoms with Gasteiger partial charge < -0.3 is 14.2 Å². The lowest BCUT2D eigenvalue weighted by molar-refractivity contribution is -0.161. The third-order valence-electron chi connectivity index (χ3n) is 2.19. The molecule has 0 radical (unpaired) electrons. The van der Waals surface area contributed by atoms with E-state index in [1.807, 2.05) is 32.9 Å². The third kappa shape index (κ3) is 3.03. The molecule has 1 aromatic carbocycles. The van der Waals surface area contributed by atoms with Crippen LogP contribution >= 0.6 is 0 Å². The Morgan fingerprint density at radius 3 is 2.56 bits per heavy atom. The molecule has 0 saturated heterocycles. The summed E-state index contributed by atoms with van der Waals surface area (Å²) in [5.41, 5.74) is -0.541. The molecule has 1 heterocycles. The van der Waals surface area contributed by atoms with Crippen molar-refractivity contribution in [1.29, 1.82) is 0 Å². The van der Waals surface area contributed by atoms with Crippen LogP contribution in [0.5, 0.6) is 11.5 Å². The number of hydrogen-bond acceptors (Lipinski definition) is 4. The summed E-state index contributed by atoms with van der Waals surface area (Å²) in [5, 5.41) is 0. The maximum atomic E-state index is 11.9. The fourth-order valence-corrected chi connectivity index (χ4v) is 1.49. The first-order valence-corrected chi connectivity index (χ1v) is 5.77. The maximum Gasteiger partial charge on any atom is 0.352 e. The van der Waals surface area contributed by atoms with E-state index in [9.17, 15) is 4.79 Å². The molecule has 1 atom stereocenters. The van der Waals surface area contributed by atoms with Gasteiger partial charge in [0.25, 0.3) is 0 Å². The van der Waals surface area contributed by atoms with Crippen LogP contribution in [0.2, 0.25) is 0 Å². The predicted octanol–water partition coefficient (Wildman–Crippen LogP) is 2.68. The Kier molecular flexibility index (Phi) is 3.28. The summed E-state index contributed by atoms with van der Waals surface area (Å²) in [6.07, 6.45) is 2.20. The molecule has 96 valence electrons. The highest BCUT2D eigenvalue weighted by Gasteiger charge is 2.27. The van der Waals surface area contributed by atoms with E-state index >= 15 is 0 Å². The van der Waals surface area contributed by atoms with Crippen LogP contribution in [0.4, 0.5) is 0 Å². The zero-order chi connectivity index (χ0) is 13.2. The highest BCUT2D eigenvalue weighted by Crippen LogP contribution is 2.30. The fraction of sp³-hybridized carbons (Fsp3) is 0.357. The van der Waals surface area contributed by atoms with E-state index in [4.69, 9.17) is 14.2 Å². The average molecular weight is 248 g/mol. The number of carbonyl (C=O) groups excluding carboxylic acids is 1. The van der Waals surface area contributed by atoms with Crippen molar-refractivity contribution < 1.29 is 19.0 Å². The zero-order valence-electron chi connectivity index (χ0n) is 10.7. The quantitative estimate of drug-likeness (QED) is 0.717. The van der Waals surface area contributed by atoms with Gasteiger partial charge in [0.1, 0.15) is 5.60 Å². The van der Waals surface area contributed by atoms with Gasteiger partial charge in [0.15, 0.2) is 11.5 Å². The maximum absolute atomic E-state index is 11.9. The Labute approximate surface area is 106 Å². The van der Waals surface area contributed by atoms with Gasteiger partial charge in [0.2, 0.25) is 6.10 Å². The van der Waals surface area contributed by atoms with E-state index in [0.29, 0.717) is 11.5 Å². The van der Waals surface area contributed by atoms with Crippen LogP contribution in [-0.2, 0) is 9.53 Å². The highest BCUT2D eigenvalue weighted by molar-refractivity contribution is 5.78. The molecule has 2 rings (SSSR count). The molecule has 4 nitrogen and oxygen atoms in total. The molecule has 18 heavy (non-hydrogen) atoms. The molecule has 1 aliphatic rings. The molecule has 0 N–H and O–H groups in total. The van der Waals surface area contributed by atoms with Crippen LogP contribution in [0, 0.1) is 0 Å². The molecule has 1 aliphatic heterocycles. The minimum atomic E-state index is -0.784. The Morgan fingerprint density at radius 1 is 1.22 bits per heavy atom. The first-order chi connectivity index (χ1) is 8.46. The van der Waals surface area contributed by atoms with Crippen molar-refractivity contribution in [2.24, 2.45) is 0 Å². The topological polar surface area (TPSA) is 44.8 Å². The Morgan fingerprint density at radius 2 is 1.89 bits per heavy atom. The molecule has 0 aliphatic carbocycles. The smallest absolute Gasteiger partial charge is 0.352 e. The van der Waals surface area contributed by atoms with Crippen LogP contribution in [0.3, 0.4) is 0 Å². The van der Waals surface area contributed by atoms with Crippen molar-refractivity contribution in [2.45, 2.75) is 32.5 Å². The molecule has 0 spiro atoms. The van der Waals surface area contributed by atoms with Crippen molar-refractivity contribution in [3.63, 3.8) is 0 Å². The van der Waals surface area contributed by atoms with Gasteiger partial charge >= 0.3 is 5.97 Å². The lowest BCUT2D eigenvalue weighted by Gasteiger charge is -2.22. The predicted molar refractivity (Wildman–Crippen MR) is 66.5 cm³/mol. The van der Waals surface area contributed by atoms with Crippen molar-refractivity contribution >= 4 is 5.97 Å². The fourth-order valence-electron chi connectivity index (χ4n) is 1.49. The number of esters is 1. The highest BCUT2D eigenvalue weighted by atomic mass is 16.6. The van der Waals surface area contributed by atoms with Crippen LogP contribution < -0.4 is 9.47 Å². The molecule has 0 saturated carbocycles. The summed E-state index contributed by atoms with van der Waals surface area (Å²) in [6, 6.07) is 7.18. The van der Waals surface area contributed by atoms with Crippen LogP contribution in [0.25, 0.3) is 0 Å². The van der Waals surface area contributed by atoms with Crippen molar-refractivity contribution in [3.05, 3.63) is 36.6 Å². The van der Waals surface area contributed by atoms with Crippen molar-refractivity contribution in [2.75, 3.05) is 0 Å². The number of hydrogen-bond donors (Lipinski definition) is 0. The monoisotopic (exact) mass is 248 g/mol. The number of rotatable bonds is 1. The second kappa shape index (κ2) is 4.72. The molecule has 0 bridgehead atoms. The number of fused-ring (bicyclic) bond motifs is 1. The number of carbonyl (C=O) groups is 1. The number of ether oxygens (including phenoxy) is 3. The first-order valence-electron chi connectivity index (χ1n) is 5.77. The van der Waals surface area contributed by atoms with E-state index in [1.165, 1.54) is 12.3 Å². The second-order valence-electron chi connectivity index (χ2n) is 4.97. The Balaban J connectivity index is 2.15. The Hall–Kier alpha value is -1.97. The van der Waals surface area contributed by atoms with Gasteiger partial charge in [-0.25, -0.2) is 4.79 Å². The van der Waals surface area contributed by atoms with Gasteiger partial charge in [-0.05, 0) is 32.9 Å². The second-order valence-corrected chi connectivity index (χ2v) is 4.97.